The van der Waals surface area contributed by atoms with Gasteiger partial charge in [0.1, 0.15) is 10.8 Å². The number of carbonyl (C=O) groups is 1. The molecule has 32 heavy (non-hydrogen) atoms. The van der Waals surface area contributed by atoms with Gasteiger partial charge in [0.25, 0.3) is 0 Å². The maximum absolute atomic E-state index is 12.4. The highest BCUT2D eigenvalue weighted by Crippen LogP contribution is 2.29. The molecular weight excluding hydrogens is 418 g/mol. The van der Waals surface area contributed by atoms with Crippen molar-refractivity contribution in [3.05, 3.63) is 66.2 Å². The molecule has 1 aliphatic heterocycles. The first-order valence-corrected chi connectivity index (χ1v) is 11.6. The topological polar surface area (TPSA) is 78.7 Å². The van der Waals surface area contributed by atoms with Crippen LogP contribution in [0.2, 0.25) is 0 Å². The Balaban J connectivity index is 1.27. The van der Waals surface area contributed by atoms with Gasteiger partial charge in [-0.2, -0.15) is 0 Å². The minimum atomic E-state index is -0.00168. The molecule has 0 radical (unpaired) electrons. The molecule has 0 bridgehead atoms. The highest BCUT2D eigenvalue weighted by Gasteiger charge is 2.22. The van der Waals surface area contributed by atoms with Gasteiger partial charge in [0.15, 0.2) is 0 Å². The van der Waals surface area contributed by atoms with Gasteiger partial charge in [-0.3, -0.25) is 14.8 Å². The summed E-state index contributed by atoms with van der Waals surface area (Å²) < 4.78 is 1.19. The van der Waals surface area contributed by atoms with E-state index in [4.69, 9.17) is 4.98 Å². The van der Waals surface area contributed by atoms with E-state index in [-0.39, 0.29) is 11.9 Å². The second-order valence-corrected chi connectivity index (χ2v) is 8.65. The van der Waals surface area contributed by atoms with Crippen LogP contribution in [-0.2, 0) is 11.3 Å². The number of fused-ring (bicyclic) bond motifs is 1. The number of hydrogen-bond donors (Lipinski definition) is 2. The van der Waals surface area contributed by atoms with E-state index in [0.29, 0.717) is 19.5 Å². The Bertz CT molecular complexity index is 1140. The lowest BCUT2D eigenvalue weighted by Crippen LogP contribution is -2.38. The molecule has 0 saturated heterocycles. The van der Waals surface area contributed by atoms with Crippen LogP contribution in [0.25, 0.3) is 20.8 Å². The summed E-state index contributed by atoms with van der Waals surface area (Å²) in [6, 6.07) is 16.4. The van der Waals surface area contributed by atoms with Crippen molar-refractivity contribution >= 4 is 39.0 Å². The largest absolute Gasteiger partial charge is 0.363 e. The molecule has 1 amide bonds. The minimum absolute atomic E-state index is 0.00168. The number of nitrogens with zero attached hydrogens (tertiary/aromatic N) is 3. The van der Waals surface area contributed by atoms with E-state index in [1.165, 1.54) is 4.70 Å². The first kappa shape index (κ1) is 21.9. The molecule has 4 rings (SSSR count). The van der Waals surface area contributed by atoms with Gasteiger partial charge in [-0.15, -0.1) is 11.3 Å². The standard InChI is InChI=1S/C25H27N5OS/c1-3-4-7-21(26-2)24-28-16-19(29-24)14-23(31)27-15-17-10-12-18(13-11-17)25-30-20-8-5-6-9-22(20)32-25/h4-13,19H,3,14-16H2,1-2H3,(H,27,31)(H,28,29)/b7-4-,26-21?. The number of carbonyl (C=O) groups excluding carboxylic acids is 1. The predicted octanol–water partition coefficient (Wildman–Crippen LogP) is 4.38. The molecule has 164 valence electrons. The molecular formula is C25H27N5OS. The number of allylic oxidation sites excluding steroid dienone is 1. The molecule has 0 spiro atoms. The number of nitrogens with one attached hydrogen (secondary N) is 2. The summed E-state index contributed by atoms with van der Waals surface area (Å²) >= 11 is 1.69. The van der Waals surface area contributed by atoms with Gasteiger partial charge in [0.2, 0.25) is 5.91 Å². The Morgan fingerprint density at radius 2 is 2.06 bits per heavy atom. The van der Waals surface area contributed by atoms with Crippen molar-refractivity contribution in [2.45, 2.75) is 32.4 Å². The van der Waals surface area contributed by atoms with E-state index >= 15 is 0 Å². The monoisotopic (exact) mass is 445 g/mol. The maximum atomic E-state index is 12.4. The van der Waals surface area contributed by atoms with E-state index in [1.807, 2.05) is 36.4 Å². The van der Waals surface area contributed by atoms with Crippen molar-refractivity contribution in [1.82, 2.24) is 15.6 Å². The zero-order valence-corrected chi connectivity index (χ0v) is 19.2. The molecule has 1 atom stereocenters. The summed E-state index contributed by atoms with van der Waals surface area (Å²) in [6.07, 6.45) is 5.34. The number of rotatable bonds is 8. The van der Waals surface area contributed by atoms with Crippen molar-refractivity contribution in [1.29, 1.82) is 0 Å². The zero-order valence-electron chi connectivity index (χ0n) is 18.3. The van der Waals surface area contributed by atoms with E-state index < -0.39 is 0 Å². The zero-order chi connectivity index (χ0) is 22.3. The molecule has 1 aliphatic rings. The fraction of sp³-hybridized carbons (Fsp3) is 0.280. The number of aliphatic imine (C=N–C) groups is 2. The molecule has 1 unspecified atom stereocenters. The van der Waals surface area contributed by atoms with Crippen molar-refractivity contribution in [3.8, 4) is 10.6 Å². The lowest BCUT2D eigenvalue weighted by Gasteiger charge is -2.12. The number of thiazole rings is 1. The Morgan fingerprint density at radius 1 is 1.25 bits per heavy atom. The Kier molecular flexibility index (Phi) is 7.07. The van der Waals surface area contributed by atoms with Crippen molar-refractivity contribution in [2.75, 3.05) is 13.6 Å². The molecule has 1 aromatic heterocycles. The lowest BCUT2D eigenvalue weighted by atomic mass is 10.1. The Morgan fingerprint density at radius 3 is 2.81 bits per heavy atom. The maximum Gasteiger partial charge on any atom is 0.222 e. The van der Waals surface area contributed by atoms with Crippen LogP contribution in [0.4, 0.5) is 0 Å². The highest BCUT2D eigenvalue weighted by atomic mass is 32.1. The summed E-state index contributed by atoms with van der Waals surface area (Å²) in [5.41, 5.74) is 3.99. The molecule has 6 nitrogen and oxygen atoms in total. The molecule has 0 saturated carbocycles. The summed E-state index contributed by atoms with van der Waals surface area (Å²) in [4.78, 5) is 25.9. The molecule has 0 aliphatic carbocycles. The second-order valence-electron chi connectivity index (χ2n) is 7.61. The summed E-state index contributed by atoms with van der Waals surface area (Å²) in [7, 11) is 1.75. The third kappa shape index (κ3) is 5.29. The third-order valence-corrected chi connectivity index (χ3v) is 6.31. The first-order valence-electron chi connectivity index (χ1n) is 10.8. The molecule has 3 aromatic rings. The fourth-order valence-electron chi connectivity index (χ4n) is 3.50. The van der Waals surface area contributed by atoms with Gasteiger partial charge < -0.3 is 10.6 Å². The molecule has 2 aromatic carbocycles. The van der Waals surface area contributed by atoms with Crippen LogP contribution in [0.3, 0.4) is 0 Å². The van der Waals surface area contributed by atoms with E-state index in [2.05, 4.69) is 51.8 Å². The van der Waals surface area contributed by atoms with Gasteiger partial charge in [0.05, 0.1) is 28.5 Å². The smallest absolute Gasteiger partial charge is 0.222 e. The molecule has 0 fully saturated rings. The quantitative estimate of drug-likeness (QED) is 0.505. The predicted molar refractivity (Wildman–Crippen MR) is 134 cm³/mol. The summed E-state index contributed by atoms with van der Waals surface area (Å²) in [6.45, 7) is 3.16. The highest BCUT2D eigenvalue weighted by molar-refractivity contribution is 7.21. The summed E-state index contributed by atoms with van der Waals surface area (Å²) in [5.74, 6) is 0.772. The SMILES string of the molecule is CC/C=C\C(=NC)C1=NCC(CC(=O)NCc2ccc(-c3nc4ccccc4s3)cc2)N1. The van der Waals surface area contributed by atoms with Crippen LogP contribution in [-0.4, -0.2) is 42.1 Å². The number of amides is 1. The Labute approximate surface area is 192 Å². The number of hydrogen-bond acceptors (Lipinski definition) is 6. The van der Waals surface area contributed by atoms with Crippen LogP contribution in [0, 0.1) is 0 Å². The molecule has 2 heterocycles. The molecule has 7 heteroatoms. The number of aromatic nitrogens is 1. The van der Waals surface area contributed by atoms with Gasteiger partial charge in [-0.1, -0.05) is 49.4 Å². The van der Waals surface area contributed by atoms with E-state index in [1.54, 1.807) is 18.4 Å². The number of amidine groups is 1. The summed E-state index contributed by atoms with van der Waals surface area (Å²) in [5, 5.41) is 7.34. The van der Waals surface area contributed by atoms with Crippen LogP contribution >= 0.6 is 11.3 Å². The van der Waals surface area contributed by atoms with Gasteiger partial charge in [-0.25, -0.2) is 4.98 Å². The van der Waals surface area contributed by atoms with Crippen LogP contribution < -0.4 is 10.6 Å². The minimum Gasteiger partial charge on any atom is -0.363 e. The van der Waals surface area contributed by atoms with Gasteiger partial charge in [-0.05, 0) is 30.2 Å². The average molecular weight is 446 g/mol. The van der Waals surface area contributed by atoms with Crippen LogP contribution in [0.1, 0.15) is 25.3 Å². The van der Waals surface area contributed by atoms with Crippen molar-refractivity contribution in [2.24, 2.45) is 9.98 Å². The van der Waals surface area contributed by atoms with Crippen molar-refractivity contribution < 1.29 is 4.79 Å². The van der Waals surface area contributed by atoms with Crippen LogP contribution in [0.5, 0.6) is 0 Å². The van der Waals surface area contributed by atoms with E-state index in [0.717, 1.165) is 39.6 Å². The fourth-order valence-corrected chi connectivity index (χ4v) is 4.47. The average Bonchev–Trinajstić information content (AvgIpc) is 3.46. The normalized spacial score (nSPS) is 16.4. The van der Waals surface area contributed by atoms with Crippen molar-refractivity contribution in [3.63, 3.8) is 0 Å². The Hall–Kier alpha value is -3.32. The lowest BCUT2D eigenvalue weighted by molar-refractivity contribution is -0.121. The third-order valence-electron chi connectivity index (χ3n) is 5.22. The second kappa shape index (κ2) is 10.3. The first-order chi connectivity index (χ1) is 15.7. The number of benzene rings is 2. The van der Waals surface area contributed by atoms with Gasteiger partial charge >= 0.3 is 0 Å². The van der Waals surface area contributed by atoms with Crippen LogP contribution in [0.15, 0.2) is 70.7 Å². The molecule has 2 N–H and O–H groups in total. The van der Waals surface area contributed by atoms with Gasteiger partial charge in [0, 0.05) is 25.6 Å². The number of para-hydroxylation sites is 1. The van der Waals surface area contributed by atoms with E-state index in [9.17, 15) is 4.79 Å².